The van der Waals surface area contributed by atoms with Crippen molar-refractivity contribution in [1.82, 2.24) is 9.97 Å². The van der Waals surface area contributed by atoms with Gasteiger partial charge in [-0.15, -0.1) is 0 Å². The first-order valence-corrected chi connectivity index (χ1v) is 5.32. The van der Waals surface area contributed by atoms with Crippen LogP contribution in [0.15, 0.2) is 6.07 Å². The fourth-order valence-electron chi connectivity index (χ4n) is 2.04. The van der Waals surface area contributed by atoms with E-state index < -0.39 is 0 Å². The predicted molar refractivity (Wildman–Crippen MR) is 61.8 cm³/mol. The SMILES string of the molecule is Cc1nc(N)cc(N2CCC(C)(C)C2)n1. The molecule has 2 N–H and O–H groups in total. The lowest BCUT2D eigenvalue weighted by Crippen LogP contribution is -2.24. The Morgan fingerprint density at radius 3 is 2.67 bits per heavy atom. The average molecular weight is 206 g/mol. The van der Waals surface area contributed by atoms with E-state index in [-0.39, 0.29) is 0 Å². The summed E-state index contributed by atoms with van der Waals surface area (Å²) in [4.78, 5) is 10.8. The molecule has 82 valence electrons. The Morgan fingerprint density at radius 1 is 1.40 bits per heavy atom. The van der Waals surface area contributed by atoms with Crippen molar-refractivity contribution in [2.45, 2.75) is 27.2 Å². The molecule has 4 heteroatoms. The van der Waals surface area contributed by atoms with Crippen LogP contribution in [0.4, 0.5) is 11.6 Å². The molecule has 0 saturated carbocycles. The van der Waals surface area contributed by atoms with Gasteiger partial charge >= 0.3 is 0 Å². The summed E-state index contributed by atoms with van der Waals surface area (Å²) in [5, 5.41) is 0. The van der Waals surface area contributed by atoms with Crippen molar-refractivity contribution in [2.24, 2.45) is 5.41 Å². The van der Waals surface area contributed by atoms with Crippen molar-refractivity contribution in [3.63, 3.8) is 0 Å². The molecule has 2 heterocycles. The normalized spacial score (nSPS) is 19.5. The van der Waals surface area contributed by atoms with Gasteiger partial charge in [0, 0.05) is 19.2 Å². The highest BCUT2D eigenvalue weighted by Gasteiger charge is 2.30. The van der Waals surface area contributed by atoms with E-state index in [0.29, 0.717) is 11.2 Å². The molecule has 0 aromatic carbocycles. The molecular weight excluding hydrogens is 188 g/mol. The van der Waals surface area contributed by atoms with Crippen molar-refractivity contribution in [1.29, 1.82) is 0 Å². The van der Waals surface area contributed by atoms with E-state index >= 15 is 0 Å². The minimum Gasteiger partial charge on any atom is -0.384 e. The van der Waals surface area contributed by atoms with Crippen molar-refractivity contribution in [2.75, 3.05) is 23.7 Å². The molecule has 1 saturated heterocycles. The van der Waals surface area contributed by atoms with Crippen molar-refractivity contribution < 1.29 is 0 Å². The molecule has 0 unspecified atom stereocenters. The second-order valence-corrected chi connectivity index (χ2v) is 5.03. The van der Waals surface area contributed by atoms with E-state index in [2.05, 4.69) is 28.7 Å². The quantitative estimate of drug-likeness (QED) is 0.758. The van der Waals surface area contributed by atoms with Gasteiger partial charge in [0.2, 0.25) is 0 Å². The first-order chi connectivity index (χ1) is 6.96. The monoisotopic (exact) mass is 206 g/mol. The zero-order valence-electron chi connectivity index (χ0n) is 9.62. The number of aryl methyl sites for hydroxylation is 1. The van der Waals surface area contributed by atoms with Crippen LogP contribution in [0.1, 0.15) is 26.1 Å². The molecule has 0 bridgehead atoms. The summed E-state index contributed by atoms with van der Waals surface area (Å²) in [5.74, 6) is 2.27. The minimum absolute atomic E-state index is 0.383. The molecule has 1 aliphatic rings. The van der Waals surface area contributed by atoms with Gasteiger partial charge in [-0.05, 0) is 18.8 Å². The van der Waals surface area contributed by atoms with Crippen molar-refractivity contribution in [3.8, 4) is 0 Å². The van der Waals surface area contributed by atoms with Crippen LogP contribution in [0.2, 0.25) is 0 Å². The Balaban J connectivity index is 2.24. The molecule has 1 aromatic rings. The Labute approximate surface area is 90.5 Å². The fraction of sp³-hybridized carbons (Fsp3) is 0.636. The molecule has 0 radical (unpaired) electrons. The van der Waals surface area contributed by atoms with Gasteiger partial charge in [-0.2, -0.15) is 0 Å². The largest absolute Gasteiger partial charge is 0.384 e. The Kier molecular flexibility index (Phi) is 2.29. The Hall–Kier alpha value is -1.32. The zero-order valence-corrected chi connectivity index (χ0v) is 9.62. The molecule has 1 aliphatic heterocycles. The number of aromatic nitrogens is 2. The van der Waals surface area contributed by atoms with Crippen molar-refractivity contribution in [3.05, 3.63) is 11.9 Å². The van der Waals surface area contributed by atoms with Crippen LogP contribution in [0, 0.1) is 12.3 Å². The minimum atomic E-state index is 0.383. The Morgan fingerprint density at radius 2 is 2.13 bits per heavy atom. The maximum absolute atomic E-state index is 5.72. The number of hydrogen-bond acceptors (Lipinski definition) is 4. The van der Waals surface area contributed by atoms with Gasteiger partial charge in [-0.1, -0.05) is 13.8 Å². The second-order valence-electron chi connectivity index (χ2n) is 5.03. The highest BCUT2D eigenvalue weighted by atomic mass is 15.2. The molecule has 15 heavy (non-hydrogen) atoms. The van der Waals surface area contributed by atoms with E-state index in [9.17, 15) is 0 Å². The lowest BCUT2D eigenvalue weighted by Gasteiger charge is -2.20. The number of nitrogens with zero attached hydrogens (tertiary/aromatic N) is 3. The number of nitrogens with two attached hydrogens (primary N) is 1. The highest BCUT2D eigenvalue weighted by molar-refractivity contribution is 5.47. The third-order valence-electron chi connectivity index (χ3n) is 2.85. The summed E-state index contributed by atoms with van der Waals surface area (Å²) in [7, 11) is 0. The average Bonchev–Trinajstić information content (AvgIpc) is 2.44. The van der Waals surface area contributed by atoms with E-state index in [0.717, 1.165) is 24.7 Å². The summed E-state index contributed by atoms with van der Waals surface area (Å²) in [6.45, 7) is 8.54. The van der Waals surface area contributed by atoms with Crippen molar-refractivity contribution >= 4 is 11.6 Å². The van der Waals surface area contributed by atoms with Gasteiger partial charge in [0.15, 0.2) is 0 Å². The summed E-state index contributed by atoms with van der Waals surface area (Å²) >= 11 is 0. The maximum Gasteiger partial charge on any atom is 0.134 e. The molecule has 1 aromatic heterocycles. The van der Waals surface area contributed by atoms with Crippen LogP contribution in [0.5, 0.6) is 0 Å². The maximum atomic E-state index is 5.72. The molecule has 0 spiro atoms. The summed E-state index contributed by atoms with van der Waals surface area (Å²) in [6, 6.07) is 1.86. The van der Waals surface area contributed by atoms with Gasteiger partial charge < -0.3 is 10.6 Å². The van der Waals surface area contributed by atoms with Crippen LogP contribution in [0.3, 0.4) is 0 Å². The van der Waals surface area contributed by atoms with Gasteiger partial charge in [-0.3, -0.25) is 0 Å². The van der Waals surface area contributed by atoms with E-state index in [1.165, 1.54) is 6.42 Å². The molecular formula is C11H18N4. The summed E-state index contributed by atoms with van der Waals surface area (Å²) in [6.07, 6.45) is 1.20. The summed E-state index contributed by atoms with van der Waals surface area (Å²) in [5.41, 5.74) is 6.10. The Bertz CT molecular complexity index is 353. The van der Waals surface area contributed by atoms with E-state index in [4.69, 9.17) is 5.73 Å². The smallest absolute Gasteiger partial charge is 0.134 e. The second kappa shape index (κ2) is 3.36. The molecule has 0 atom stereocenters. The lowest BCUT2D eigenvalue weighted by atomic mass is 9.93. The van der Waals surface area contributed by atoms with Gasteiger partial charge in [-0.25, -0.2) is 9.97 Å². The third-order valence-corrected chi connectivity index (χ3v) is 2.85. The first-order valence-electron chi connectivity index (χ1n) is 5.32. The van der Waals surface area contributed by atoms with E-state index in [1.807, 2.05) is 13.0 Å². The van der Waals surface area contributed by atoms with Gasteiger partial charge in [0.05, 0.1) is 0 Å². The van der Waals surface area contributed by atoms with Gasteiger partial charge in [0.25, 0.3) is 0 Å². The standard InChI is InChI=1S/C11H18N4/c1-8-13-9(12)6-10(14-8)15-5-4-11(2,3)7-15/h6H,4-5,7H2,1-3H3,(H2,12,13,14). The third kappa shape index (κ3) is 2.19. The zero-order chi connectivity index (χ0) is 11.1. The first kappa shape index (κ1) is 10.2. The number of nitrogen functional groups attached to an aromatic ring is 1. The number of rotatable bonds is 1. The fourth-order valence-corrected chi connectivity index (χ4v) is 2.04. The lowest BCUT2D eigenvalue weighted by molar-refractivity contribution is 0.418. The van der Waals surface area contributed by atoms with Crippen LogP contribution in [-0.4, -0.2) is 23.1 Å². The number of hydrogen-bond donors (Lipinski definition) is 1. The van der Waals surface area contributed by atoms with Crippen LogP contribution in [-0.2, 0) is 0 Å². The van der Waals surface area contributed by atoms with E-state index in [1.54, 1.807) is 0 Å². The number of anilines is 2. The molecule has 4 nitrogen and oxygen atoms in total. The van der Waals surface area contributed by atoms with Crippen LogP contribution in [0.25, 0.3) is 0 Å². The molecule has 0 aliphatic carbocycles. The van der Waals surface area contributed by atoms with Crippen LogP contribution < -0.4 is 10.6 Å². The molecule has 2 rings (SSSR count). The predicted octanol–water partition coefficient (Wildman–Crippen LogP) is 1.60. The summed E-state index contributed by atoms with van der Waals surface area (Å²) < 4.78 is 0. The van der Waals surface area contributed by atoms with Gasteiger partial charge in [0.1, 0.15) is 17.5 Å². The molecule has 1 fully saturated rings. The molecule has 0 amide bonds. The highest BCUT2D eigenvalue weighted by Crippen LogP contribution is 2.31. The topological polar surface area (TPSA) is 55.0 Å². The van der Waals surface area contributed by atoms with Crippen LogP contribution >= 0.6 is 0 Å².